The van der Waals surface area contributed by atoms with Gasteiger partial charge in [0.2, 0.25) is 5.91 Å². The van der Waals surface area contributed by atoms with Gasteiger partial charge in [0.25, 0.3) is 0 Å². The summed E-state index contributed by atoms with van der Waals surface area (Å²) in [4.78, 5) is 19.3. The van der Waals surface area contributed by atoms with E-state index in [0.29, 0.717) is 17.8 Å². The zero-order valence-corrected chi connectivity index (χ0v) is 17.4. The smallest absolute Gasteiger partial charge is 0.244 e. The van der Waals surface area contributed by atoms with Crippen LogP contribution in [0.5, 0.6) is 0 Å². The van der Waals surface area contributed by atoms with Crippen molar-refractivity contribution in [1.29, 1.82) is 0 Å². The number of piperazine rings is 1. The van der Waals surface area contributed by atoms with Crippen LogP contribution in [0.3, 0.4) is 0 Å². The molecule has 1 unspecified atom stereocenters. The van der Waals surface area contributed by atoms with E-state index in [1.54, 1.807) is 16.7 Å². The Kier molecular flexibility index (Phi) is 6.60. The Hall–Kier alpha value is -1.50. The van der Waals surface area contributed by atoms with Gasteiger partial charge in [-0.2, -0.15) is 0 Å². The van der Waals surface area contributed by atoms with Crippen LogP contribution in [0, 0.1) is 5.92 Å². The van der Waals surface area contributed by atoms with Crippen molar-refractivity contribution >= 4 is 23.4 Å². The lowest BCUT2D eigenvalue weighted by molar-refractivity contribution is -0.129. The largest absolute Gasteiger partial charge is 0.369 e. The third-order valence-electron chi connectivity index (χ3n) is 6.51. The Balaban J connectivity index is 1.19. The molecule has 2 N–H and O–H groups in total. The molecule has 6 heteroatoms. The van der Waals surface area contributed by atoms with Crippen molar-refractivity contribution in [3.63, 3.8) is 0 Å². The maximum Gasteiger partial charge on any atom is 0.244 e. The van der Waals surface area contributed by atoms with Crippen LogP contribution in [-0.4, -0.2) is 59.8 Å². The summed E-state index contributed by atoms with van der Waals surface area (Å²) in [7, 11) is 0. The first-order valence-corrected chi connectivity index (χ1v) is 11.6. The van der Waals surface area contributed by atoms with Gasteiger partial charge in [-0.3, -0.25) is 9.69 Å². The Bertz CT molecular complexity index is 666. The van der Waals surface area contributed by atoms with Gasteiger partial charge >= 0.3 is 0 Å². The van der Waals surface area contributed by atoms with Gasteiger partial charge in [-0.1, -0.05) is 18.2 Å². The summed E-state index contributed by atoms with van der Waals surface area (Å²) >= 11 is 1.65. The number of hydrogen-bond donors (Lipinski definition) is 1. The minimum absolute atomic E-state index is 0.0837. The van der Waals surface area contributed by atoms with Gasteiger partial charge in [-0.15, -0.1) is 11.8 Å². The molecule has 0 aromatic heterocycles. The van der Waals surface area contributed by atoms with Gasteiger partial charge in [0.1, 0.15) is 0 Å². The van der Waals surface area contributed by atoms with Crippen LogP contribution in [0.4, 0.5) is 5.69 Å². The average molecular weight is 401 g/mol. The number of thioether (sulfide) groups is 1. The second-order valence-corrected chi connectivity index (χ2v) is 9.13. The Labute approximate surface area is 172 Å². The number of carbonyl (C=O) groups is 1. The molecule has 0 bridgehead atoms. The summed E-state index contributed by atoms with van der Waals surface area (Å²) in [6.45, 7) is 4.54. The molecule has 152 valence electrons. The quantitative estimate of drug-likeness (QED) is 0.823. The Morgan fingerprint density at radius 2 is 1.79 bits per heavy atom. The van der Waals surface area contributed by atoms with Gasteiger partial charge in [0.15, 0.2) is 0 Å². The van der Waals surface area contributed by atoms with E-state index in [9.17, 15) is 4.79 Å². The first-order valence-electron chi connectivity index (χ1n) is 10.6. The number of hydrogen-bond acceptors (Lipinski definition) is 5. The molecular weight excluding hydrogens is 368 g/mol. The van der Waals surface area contributed by atoms with Gasteiger partial charge in [0, 0.05) is 44.1 Å². The third kappa shape index (κ3) is 4.73. The van der Waals surface area contributed by atoms with Crippen LogP contribution in [0.1, 0.15) is 32.1 Å². The monoisotopic (exact) mass is 400 g/mol. The zero-order valence-electron chi connectivity index (χ0n) is 16.6. The first-order chi connectivity index (χ1) is 13.7. The van der Waals surface area contributed by atoms with Crippen molar-refractivity contribution in [2.24, 2.45) is 11.7 Å². The van der Waals surface area contributed by atoms with Gasteiger partial charge in [-0.05, 0) is 55.6 Å². The fourth-order valence-electron chi connectivity index (χ4n) is 4.82. The molecule has 5 nitrogen and oxygen atoms in total. The van der Waals surface area contributed by atoms with Crippen LogP contribution in [0.15, 0.2) is 41.9 Å². The van der Waals surface area contributed by atoms with E-state index in [4.69, 9.17) is 5.73 Å². The number of nitrogens with two attached hydrogens (primary N) is 1. The minimum Gasteiger partial charge on any atom is -0.369 e. The average Bonchev–Trinajstić information content (AvgIpc) is 3.29. The van der Waals surface area contributed by atoms with E-state index in [-0.39, 0.29) is 11.9 Å². The lowest BCUT2D eigenvalue weighted by Crippen LogP contribution is -2.51. The summed E-state index contributed by atoms with van der Waals surface area (Å²) in [5.41, 5.74) is 7.57. The van der Waals surface area contributed by atoms with Gasteiger partial charge in [0.05, 0.1) is 11.9 Å². The lowest BCUT2D eigenvalue weighted by atomic mass is 9.81. The van der Waals surface area contributed by atoms with E-state index in [0.717, 1.165) is 32.6 Å². The zero-order chi connectivity index (χ0) is 19.3. The Morgan fingerprint density at radius 3 is 2.43 bits per heavy atom. The number of amides is 1. The van der Waals surface area contributed by atoms with E-state index in [1.807, 2.05) is 11.6 Å². The molecule has 1 aromatic rings. The van der Waals surface area contributed by atoms with E-state index >= 15 is 0 Å². The molecular formula is C22H32N4OS. The molecule has 1 amide bonds. The minimum atomic E-state index is -0.348. The van der Waals surface area contributed by atoms with Crippen LogP contribution in [-0.2, 0) is 4.79 Å². The van der Waals surface area contributed by atoms with Crippen molar-refractivity contribution in [3.05, 3.63) is 41.9 Å². The number of anilines is 1. The summed E-state index contributed by atoms with van der Waals surface area (Å²) < 4.78 is 0. The van der Waals surface area contributed by atoms with Gasteiger partial charge in [-0.25, -0.2) is 0 Å². The van der Waals surface area contributed by atoms with Crippen molar-refractivity contribution < 1.29 is 4.79 Å². The molecule has 0 spiro atoms. The highest BCUT2D eigenvalue weighted by Gasteiger charge is 2.31. The van der Waals surface area contributed by atoms with E-state index in [1.165, 1.54) is 31.4 Å². The number of rotatable bonds is 5. The van der Waals surface area contributed by atoms with Crippen LogP contribution in [0.2, 0.25) is 0 Å². The molecule has 0 radical (unpaired) electrons. The SMILES string of the molecule is NC(C[C@H]1CC[C@@H](N2CCN(c3ccccc3)CC2)CC1)C(=O)N1C=CSC1. The lowest BCUT2D eigenvalue weighted by Gasteiger charge is -2.43. The second-order valence-electron chi connectivity index (χ2n) is 8.26. The molecule has 1 aliphatic carbocycles. The highest BCUT2D eigenvalue weighted by molar-refractivity contribution is 8.02. The number of para-hydroxylation sites is 1. The molecule has 1 aromatic carbocycles. The molecule has 1 saturated heterocycles. The predicted molar refractivity (Wildman–Crippen MR) is 117 cm³/mol. The van der Waals surface area contributed by atoms with Crippen molar-refractivity contribution in [2.45, 2.75) is 44.2 Å². The van der Waals surface area contributed by atoms with Crippen molar-refractivity contribution in [3.8, 4) is 0 Å². The molecule has 4 rings (SSSR count). The fourth-order valence-corrected chi connectivity index (χ4v) is 5.52. The second kappa shape index (κ2) is 9.33. The van der Waals surface area contributed by atoms with Crippen LogP contribution in [0.25, 0.3) is 0 Å². The molecule has 1 saturated carbocycles. The summed E-state index contributed by atoms with van der Waals surface area (Å²) in [5, 5.41) is 1.97. The molecule has 2 fully saturated rings. The maximum absolute atomic E-state index is 12.4. The van der Waals surface area contributed by atoms with Gasteiger partial charge < -0.3 is 15.5 Å². The third-order valence-corrected chi connectivity index (χ3v) is 7.25. The maximum atomic E-state index is 12.4. The summed E-state index contributed by atoms with van der Waals surface area (Å²) in [6.07, 6.45) is 7.60. The summed E-state index contributed by atoms with van der Waals surface area (Å²) in [5.74, 6) is 1.40. The standard InChI is InChI=1S/C22H32N4OS/c23-21(22(27)26-14-15-28-17-26)16-18-6-8-20(9-7-18)25-12-10-24(11-13-25)19-4-2-1-3-5-19/h1-5,14-15,18,20-21H,6-13,16-17,23H2/t18-,20+,21?. The van der Waals surface area contributed by atoms with Crippen LogP contribution >= 0.6 is 11.8 Å². The van der Waals surface area contributed by atoms with E-state index in [2.05, 4.69) is 40.1 Å². The first kappa shape index (κ1) is 19.8. The topological polar surface area (TPSA) is 52.8 Å². The summed E-state index contributed by atoms with van der Waals surface area (Å²) in [6, 6.07) is 11.1. The number of benzene rings is 1. The molecule has 3 aliphatic rings. The highest BCUT2D eigenvalue weighted by Crippen LogP contribution is 2.31. The predicted octanol–water partition coefficient (Wildman–Crippen LogP) is 3.09. The Morgan fingerprint density at radius 1 is 1.07 bits per heavy atom. The van der Waals surface area contributed by atoms with E-state index < -0.39 is 0 Å². The molecule has 28 heavy (non-hydrogen) atoms. The molecule has 2 heterocycles. The normalized spacial score (nSPS) is 27.2. The number of nitrogens with zero attached hydrogens (tertiary/aromatic N) is 3. The molecule has 2 aliphatic heterocycles. The fraction of sp³-hybridized carbons (Fsp3) is 0.591. The number of carbonyl (C=O) groups excluding carboxylic acids is 1. The highest BCUT2D eigenvalue weighted by atomic mass is 32.2. The molecule has 1 atom stereocenters. The van der Waals surface area contributed by atoms with Crippen LogP contribution < -0.4 is 10.6 Å². The van der Waals surface area contributed by atoms with Crippen molar-refractivity contribution in [1.82, 2.24) is 9.80 Å². The van der Waals surface area contributed by atoms with Crippen molar-refractivity contribution in [2.75, 3.05) is 37.0 Å².